The number of anilines is 3. The maximum absolute atomic E-state index is 14.0. The molecule has 0 aliphatic carbocycles. The Morgan fingerprint density at radius 3 is 2.76 bits per heavy atom. The molecule has 3 aromatic heterocycles. The van der Waals surface area contributed by atoms with Crippen LogP contribution >= 0.6 is 0 Å². The molecule has 1 aromatic carbocycles. The van der Waals surface area contributed by atoms with Crippen molar-refractivity contribution in [3.05, 3.63) is 59.7 Å². The number of nitrogens with two attached hydrogens (primary N) is 2. The summed E-state index contributed by atoms with van der Waals surface area (Å²) in [7, 11) is -1.50. The highest BCUT2D eigenvalue weighted by Crippen LogP contribution is 2.34. The Labute approximate surface area is 189 Å². The Morgan fingerprint density at radius 2 is 1.97 bits per heavy atom. The highest BCUT2D eigenvalue weighted by atomic mass is 28.3. The molecule has 10 nitrogen and oxygen atoms in total. The van der Waals surface area contributed by atoms with Crippen LogP contribution in [0.5, 0.6) is 5.88 Å². The van der Waals surface area contributed by atoms with Gasteiger partial charge in [0.1, 0.15) is 23.0 Å². The molecule has 0 spiro atoms. The number of carbonyl (C=O) groups excluding carboxylic acids is 1. The number of amides is 1. The average Bonchev–Trinajstić information content (AvgIpc) is 3.22. The third-order valence-corrected chi connectivity index (χ3v) is 6.45. The first-order chi connectivity index (χ1) is 15.9. The number of hydrogen-bond donors (Lipinski definition) is 4. The van der Waals surface area contributed by atoms with Crippen LogP contribution in [0, 0.1) is 5.82 Å². The van der Waals surface area contributed by atoms with Crippen LogP contribution in [0.4, 0.5) is 21.7 Å². The van der Waals surface area contributed by atoms with Gasteiger partial charge >= 0.3 is 0 Å². The number of carbonyl (C=O) groups is 1. The molecule has 1 aliphatic rings. The quantitative estimate of drug-likeness (QED) is 0.248. The van der Waals surface area contributed by atoms with Crippen molar-refractivity contribution in [2.24, 2.45) is 0 Å². The standard InChI is InChI=1S/C21H20FN8O2Si/c1-33-10-27-20(31)15-9-28-30-17(24)16(11-2-4-14(23)5-3-11)18(29-19(15)30)25-7-12-6-13(22)8-26-21(12)32-33/h2-6,8-9H,7,10,23-24H2,1H3,(H,25,29)(H,27,31). The Balaban J connectivity index is 1.71. The molecule has 167 valence electrons. The number of nitrogens with one attached hydrogen (secondary N) is 2. The molecule has 0 atom stereocenters. The van der Waals surface area contributed by atoms with Crippen molar-refractivity contribution in [3.8, 4) is 17.0 Å². The van der Waals surface area contributed by atoms with Crippen LogP contribution in [0.3, 0.4) is 0 Å². The molecule has 1 aliphatic heterocycles. The number of nitrogen functional groups attached to an aromatic ring is 2. The van der Waals surface area contributed by atoms with Crippen LogP contribution in [-0.2, 0) is 6.54 Å². The topological polar surface area (TPSA) is 145 Å². The second kappa shape index (κ2) is 8.06. The lowest BCUT2D eigenvalue weighted by Gasteiger charge is -2.17. The van der Waals surface area contributed by atoms with Crippen molar-refractivity contribution in [1.29, 1.82) is 0 Å². The van der Waals surface area contributed by atoms with E-state index < -0.39 is 14.9 Å². The van der Waals surface area contributed by atoms with Crippen LogP contribution < -0.4 is 26.5 Å². The third kappa shape index (κ3) is 3.80. The number of fused-ring (bicyclic) bond motifs is 2. The van der Waals surface area contributed by atoms with Gasteiger partial charge in [-0.15, -0.1) is 0 Å². The van der Waals surface area contributed by atoms with Gasteiger partial charge in [-0.3, -0.25) is 4.79 Å². The summed E-state index contributed by atoms with van der Waals surface area (Å²) < 4.78 is 21.4. The van der Waals surface area contributed by atoms with Gasteiger partial charge in [-0.05, 0) is 30.3 Å². The zero-order chi connectivity index (χ0) is 23.1. The molecule has 0 saturated heterocycles. The summed E-state index contributed by atoms with van der Waals surface area (Å²) in [5, 5.41) is 10.4. The van der Waals surface area contributed by atoms with Crippen molar-refractivity contribution >= 4 is 37.9 Å². The van der Waals surface area contributed by atoms with Gasteiger partial charge in [0.15, 0.2) is 5.65 Å². The van der Waals surface area contributed by atoms with Crippen molar-refractivity contribution in [2.45, 2.75) is 13.1 Å². The molecule has 0 saturated carbocycles. The fourth-order valence-electron chi connectivity index (χ4n) is 3.60. The molecule has 33 heavy (non-hydrogen) atoms. The first-order valence-electron chi connectivity index (χ1n) is 10.1. The van der Waals surface area contributed by atoms with Gasteiger partial charge < -0.3 is 26.5 Å². The molecular formula is C21H20FN8O2Si. The second-order valence-electron chi connectivity index (χ2n) is 7.59. The van der Waals surface area contributed by atoms with E-state index in [1.807, 2.05) is 18.7 Å². The van der Waals surface area contributed by atoms with Crippen LogP contribution in [0.15, 0.2) is 42.7 Å². The van der Waals surface area contributed by atoms with E-state index in [2.05, 4.69) is 25.7 Å². The number of pyridine rings is 1. The summed E-state index contributed by atoms with van der Waals surface area (Å²) in [5.74, 6) is 0.162. The minimum atomic E-state index is -1.50. The van der Waals surface area contributed by atoms with E-state index in [1.54, 1.807) is 12.1 Å². The molecule has 1 amide bonds. The van der Waals surface area contributed by atoms with E-state index in [4.69, 9.17) is 15.9 Å². The van der Waals surface area contributed by atoms with Gasteiger partial charge in [0, 0.05) is 24.0 Å². The number of rotatable bonds is 1. The zero-order valence-electron chi connectivity index (χ0n) is 17.6. The Hall–Kier alpha value is -4.19. The minimum absolute atomic E-state index is 0.171. The molecule has 4 aromatic rings. The molecule has 6 N–H and O–H groups in total. The smallest absolute Gasteiger partial charge is 0.299 e. The molecule has 4 heterocycles. The van der Waals surface area contributed by atoms with Gasteiger partial charge in [-0.25, -0.2) is 14.4 Å². The van der Waals surface area contributed by atoms with E-state index in [1.165, 1.54) is 16.8 Å². The van der Waals surface area contributed by atoms with E-state index >= 15 is 0 Å². The van der Waals surface area contributed by atoms with Gasteiger partial charge in [-0.2, -0.15) is 9.61 Å². The number of halogens is 1. The highest BCUT2D eigenvalue weighted by Gasteiger charge is 2.23. The lowest BCUT2D eigenvalue weighted by atomic mass is 10.1. The Kier molecular flexibility index (Phi) is 5.05. The molecule has 5 rings (SSSR count). The summed E-state index contributed by atoms with van der Waals surface area (Å²) in [4.78, 5) is 21.6. The van der Waals surface area contributed by atoms with Gasteiger partial charge in [-0.1, -0.05) is 12.1 Å². The predicted octanol–water partition coefficient (Wildman–Crippen LogP) is 1.99. The Morgan fingerprint density at radius 1 is 1.18 bits per heavy atom. The third-order valence-electron chi connectivity index (χ3n) is 5.23. The maximum atomic E-state index is 14.0. The monoisotopic (exact) mass is 463 g/mol. The number of benzene rings is 1. The largest absolute Gasteiger partial charge is 0.527 e. The lowest BCUT2D eigenvalue weighted by Crippen LogP contribution is -2.37. The van der Waals surface area contributed by atoms with Crippen molar-refractivity contribution in [1.82, 2.24) is 24.9 Å². The SMILES string of the molecule is C[Si]1CNC(=O)c2cnn3c(N)c(-c4ccc(N)cc4)c(nc23)NCc2cc(F)cnc2O1. The van der Waals surface area contributed by atoms with Crippen molar-refractivity contribution in [2.75, 3.05) is 23.0 Å². The van der Waals surface area contributed by atoms with Gasteiger partial charge in [0.2, 0.25) is 5.88 Å². The summed E-state index contributed by atoms with van der Waals surface area (Å²) in [6, 6.07) is 8.49. The fourth-order valence-corrected chi connectivity index (χ4v) is 4.60. The molecule has 0 unspecified atom stereocenters. The van der Waals surface area contributed by atoms with Gasteiger partial charge in [0.05, 0.1) is 18.0 Å². The number of aromatic nitrogens is 4. The summed E-state index contributed by atoms with van der Waals surface area (Å²) >= 11 is 0. The molecule has 1 radical (unpaired) electrons. The molecule has 0 fully saturated rings. The second-order valence-corrected chi connectivity index (χ2v) is 9.56. The highest BCUT2D eigenvalue weighted by molar-refractivity contribution is 6.51. The van der Waals surface area contributed by atoms with E-state index in [9.17, 15) is 9.18 Å². The van der Waals surface area contributed by atoms with Crippen molar-refractivity contribution < 1.29 is 13.6 Å². The maximum Gasteiger partial charge on any atom is 0.299 e. The van der Waals surface area contributed by atoms with Crippen molar-refractivity contribution in [3.63, 3.8) is 0 Å². The lowest BCUT2D eigenvalue weighted by molar-refractivity contribution is 0.0960. The van der Waals surface area contributed by atoms with Crippen LogP contribution in [-0.4, -0.2) is 40.7 Å². The first-order valence-corrected chi connectivity index (χ1v) is 12.2. The molecule has 2 bridgehead atoms. The van der Waals surface area contributed by atoms with E-state index in [0.29, 0.717) is 40.3 Å². The van der Waals surface area contributed by atoms with Crippen LogP contribution in [0.2, 0.25) is 6.55 Å². The van der Waals surface area contributed by atoms with E-state index in [-0.39, 0.29) is 23.8 Å². The van der Waals surface area contributed by atoms with E-state index in [0.717, 1.165) is 11.8 Å². The minimum Gasteiger partial charge on any atom is -0.527 e. The molecule has 12 heteroatoms. The number of nitrogens with zero attached hydrogens (tertiary/aromatic N) is 4. The molecular weight excluding hydrogens is 443 g/mol. The normalized spacial score (nSPS) is 14.4. The van der Waals surface area contributed by atoms with Gasteiger partial charge in [0.25, 0.3) is 14.9 Å². The average molecular weight is 464 g/mol. The summed E-state index contributed by atoms with van der Waals surface area (Å²) in [6.45, 7) is 2.06. The first kappa shape index (κ1) is 20.7. The predicted molar refractivity (Wildman–Crippen MR) is 123 cm³/mol. The summed E-state index contributed by atoms with van der Waals surface area (Å²) in [6.07, 6.45) is 2.84. The summed E-state index contributed by atoms with van der Waals surface area (Å²) in [5.41, 5.74) is 15.4. The zero-order valence-corrected chi connectivity index (χ0v) is 18.6. The van der Waals surface area contributed by atoms with Crippen LogP contribution in [0.1, 0.15) is 15.9 Å². The fraction of sp³-hybridized carbons (Fsp3) is 0.143. The van der Waals surface area contributed by atoms with Crippen LogP contribution in [0.25, 0.3) is 16.8 Å². The Bertz CT molecular complexity index is 1380. The number of hydrogen-bond acceptors (Lipinski definition) is 8.